The highest BCUT2D eigenvalue weighted by Crippen LogP contribution is 2.10. The first-order valence-electron chi connectivity index (χ1n) is 5.39. The highest BCUT2D eigenvalue weighted by molar-refractivity contribution is 7.89. The molecular formula is C10H13FN2O4S. The fraction of sp³-hybridized carbons (Fsp3) is 0.500. The Hall–Kier alpha value is -1.09. The topological polar surface area (TPSA) is 77.5 Å². The largest absolute Gasteiger partial charge is 0.376 e. The van der Waals surface area contributed by atoms with E-state index < -0.39 is 20.9 Å². The van der Waals surface area contributed by atoms with Gasteiger partial charge in [-0.1, -0.05) is 0 Å². The molecule has 1 N–H and O–H groups in total. The monoisotopic (exact) mass is 276 g/mol. The van der Waals surface area contributed by atoms with E-state index in [-0.39, 0.29) is 12.6 Å². The van der Waals surface area contributed by atoms with Crippen LogP contribution in [-0.2, 0) is 19.5 Å². The van der Waals surface area contributed by atoms with Gasteiger partial charge in [0.25, 0.3) is 10.0 Å². The molecule has 1 fully saturated rings. The maximum absolute atomic E-state index is 13.3. The van der Waals surface area contributed by atoms with E-state index in [1.54, 1.807) is 0 Å². The van der Waals surface area contributed by atoms with Gasteiger partial charge in [-0.3, -0.25) is 0 Å². The summed E-state index contributed by atoms with van der Waals surface area (Å²) in [5.74, 6) is -0.884. The van der Waals surface area contributed by atoms with Gasteiger partial charge in [-0.2, -0.15) is 0 Å². The van der Waals surface area contributed by atoms with E-state index in [4.69, 9.17) is 9.47 Å². The van der Waals surface area contributed by atoms with E-state index in [1.807, 2.05) is 0 Å². The van der Waals surface area contributed by atoms with Crippen LogP contribution in [0.15, 0.2) is 23.4 Å². The minimum atomic E-state index is -3.96. The number of aromatic nitrogens is 1. The van der Waals surface area contributed by atoms with Crippen molar-refractivity contribution >= 4 is 10.0 Å². The molecule has 1 aromatic heterocycles. The molecule has 0 aliphatic carbocycles. The Morgan fingerprint density at radius 2 is 2.33 bits per heavy atom. The average Bonchev–Trinajstić information content (AvgIpc) is 2.38. The Morgan fingerprint density at radius 1 is 1.50 bits per heavy atom. The lowest BCUT2D eigenvalue weighted by atomic mass is 10.3. The van der Waals surface area contributed by atoms with Gasteiger partial charge in [-0.05, 0) is 12.1 Å². The standard InChI is InChI=1S/C10H13FN2O4S/c11-9-2-1-3-12-10(9)18(14,15)13-6-8-7-16-4-5-17-8/h1-3,8,13H,4-7H2. The maximum atomic E-state index is 13.3. The molecule has 1 aromatic rings. The maximum Gasteiger partial charge on any atom is 0.261 e. The van der Waals surface area contributed by atoms with E-state index >= 15 is 0 Å². The predicted molar refractivity (Wildman–Crippen MR) is 59.9 cm³/mol. The lowest BCUT2D eigenvalue weighted by Gasteiger charge is -2.22. The van der Waals surface area contributed by atoms with Crippen molar-refractivity contribution < 1.29 is 22.3 Å². The molecule has 0 saturated carbocycles. The zero-order valence-electron chi connectivity index (χ0n) is 9.50. The number of nitrogens with zero attached hydrogens (tertiary/aromatic N) is 1. The van der Waals surface area contributed by atoms with Crippen LogP contribution < -0.4 is 4.72 Å². The molecule has 1 unspecified atom stereocenters. The van der Waals surface area contributed by atoms with Gasteiger partial charge in [-0.25, -0.2) is 22.5 Å². The Balaban J connectivity index is 2.01. The van der Waals surface area contributed by atoms with Gasteiger partial charge in [-0.15, -0.1) is 0 Å². The number of pyridine rings is 1. The van der Waals surface area contributed by atoms with E-state index in [9.17, 15) is 12.8 Å². The van der Waals surface area contributed by atoms with E-state index in [0.29, 0.717) is 19.8 Å². The van der Waals surface area contributed by atoms with Gasteiger partial charge in [0.05, 0.1) is 25.9 Å². The second-order valence-corrected chi connectivity index (χ2v) is 5.39. The van der Waals surface area contributed by atoms with Crippen LogP contribution in [0, 0.1) is 5.82 Å². The smallest absolute Gasteiger partial charge is 0.261 e. The zero-order chi connectivity index (χ0) is 13.0. The van der Waals surface area contributed by atoms with Gasteiger partial charge >= 0.3 is 0 Å². The first-order valence-corrected chi connectivity index (χ1v) is 6.87. The molecule has 2 heterocycles. The molecule has 1 aliphatic rings. The van der Waals surface area contributed by atoms with Crippen molar-refractivity contribution in [2.75, 3.05) is 26.4 Å². The minimum absolute atomic E-state index is 0.0261. The van der Waals surface area contributed by atoms with Crippen LogP contribution in [0.5, 0.6) is 0 Å². The van der Waals surface area contributed by atoms with Gasteiger partial charge in [0.2, 0.25) is 5.03 Å². The van der Waals surface area contributed by atoms with E-state index in [2.05, 4.69) is 9.71 Å². The molecule has 0 aromatic carbocycles. The van der Waals surface area contributed by atoms with Crippen molar-refractivity contribution in [1.29, 1.82) is 0 Å². The molecule has 0 spiro atoms. The molecule has 100 valence electrons. The summed E-state index contributed by atoms with van der Waals surface area (Å²) < 4.78 is 49.5. The Bertz CT molecular complexity index is 502. The highest BCUT2D eigenvalue weighted by Gasteiger charge is 2.23. The number of nitrogens with one attached hydrogen (secondary N) is 1. The number of hydrogen-bond donors (Lipinski definition) is 1. The second-order valence-electron chi connectivity index (χ2n) is 3.71. The van der Waals surface area contributed by atoms with Gasteiger partial charge in [0.1, 0.15) is 0 Å². The summed E-state index contributed by atoms with van der Waals surface area (Å²) in [5, 5.41) is -0.610. The zero-order valence-corrected chi connectivity index (χ0v) is 10.3. The lowest BCUT2D eigenvalue weighted by molar-refractivity contribution is -0.0847. The highest BCUT2D eigenvalue weighted by atomic mass is 32.2. The van der Waals surface area contributed by atoms with Crippen molar-refractivity contribution in [1.82, 2.24) is 9.71 Å². The third-order valence-electron chi connectivity index (χ3n) is 2.37. The molecule has 0 bridgehead atoms. The third kappa shape index (κ3) is 3.22. The summed E-state index contributed by atoms with van der Waals surface area (Å²) in [5.41, 5.74) is 0. The summed E-state index contributed by atoms with van der Waals surface area (Å²) in [6.07, 6.45) is 0.859. The van der Waals surface area contributed by atoms with Crippen LogP contribution in [0.4, 0.5) is 4.39 Å². The molecule has 6 nitrogen and oxygen atoms in total. The number of rotatable bonds is 4. The molecule has 2 rings (SSSR count). The molecule has 8 heteroatoms. The van der Waals surface area contributed by atoms with E-state index in [1.165, 1.54) is 12.3 Å². The second kappa shape index (κ2) is 5.70. The number of ether oxygens (including phenoxy) is 2. The average molecular weight is 276 g/mol. The van der Waals surface area contributed by atoms with Gasteiger partial charge < -0.3 is 9.47 Å². The van der Waals surface area contributed by atoms with Crippen molar-refractivity contribution in [3.8, 4) is 0 Å². The summed E-state index contributed by atoms with van der Waals surface area (Å²) in [6.45, 7) is 1.26. The molecule has 1 aliphatic heterocycles. The third-order valence-corrected chi connectivity index (χ3v) is 3.72. The fourth-order valence-electron chi connectivity index (χ4n) is 1.49. The molecule has 0 radical (unpaired) electrons. The Morgan fingerprint density at radius 3 is 3.00 bits per heavy atom. The molecule has 0 amide bonds. The van der Waals surface area contributed by atoms with Crippen LogP contribution in [0.1, 0.15) is 0 Å². The number of sulfonamides is 1. The Kier molecular flexibility index (Phi) is 4.23. The SMILES string of the molecule is O=S(=O)(NCC1COCCO1)c1ncccc1F. The number of halogens is 1. The fourth-order valence-corrected chi connectivity index (χ4v) is 2.56. The summed E-state index contributed by atoms with van der Waals surface area (Å²) in [7, 11) is -3.96. The molecule has 18 heavy (non-hydrogen) atoms. The molecule has 1 atom stereocenters. The Labute approximate surface area is 104 Å². The van der Waals surface area contributed by atoms with Gasteiger partial charge in [0, 0.05) is 12.7 Å². The van der Waals surface area contributed by atoms with Crippen LogP contribution in [0.2, 0.25) is 0 Å². The van der Waals surface area contributed by atoms with Crippen molar-refractivity contribution in [3.63, 3.8) is 0 Å². The van der Waals surface area contributed by atoms with Crippen molar-refractivity contribution in [2.45, 2.75) is 11.1 Å². The minimum Gasteiger partial charge on any atom is -0.376 e. The first-order chi connectivity index (χ1) is 8.59. The van der Waals surface area contributed by atoms with Gasteiger partial charge in [0.15, 0.2) is 5.82 Å². The summed E-state index contributed by atoms with van der Waals surface area (Å²) in [6, 6.07) is 2.37. The molecule has 1 saturated heterocycles. The summed E-state index contributed by atoms with van der Waals surface area (Å²) >= 11 is 0. The lowest BCUT2D eigenvalue weighted by Crippen LogP contribution is -2.40. The van der Waals surface area contributed by atoms with Crippen LogP contribution in [0.25, 0.3) is 0 Å². The van der Waals surface area contributed by atoms with E-state index in [0.717, 1.165) is 6.07 Å². The quantitative estimate of drug-likeness (QED) is 0.832. The van der Waals surface area contributed by atoms with Crippen LogP contribution in [0.3, 0.4) is 0 Å². The predicted octanol–water partition coefficient (Wildman–Crippen LogP) is -0.0856. The number of hydrogen-bond acceptors (Lipinski definition) is 5. The van der Waals surface area contributed by atoms with Crippen LogP contribution >= 0.6 is 0 Å². The van der Waals surface area contributed by atoms with Crippen LogP contribution in [-0.4, -0.2) is 45.9 Å². The van der Waals surface area contributed by atoms with Crippen molar-refractivity contribution in [2.24, 2.45) is 0 Å². The summed E-state index contributed by atoms with van der Waals surface area (Å²) in [4.78, 5) is 3.52. The first kappa shape index (κ1) is 13.3. The van der Waals surface area contributed by atoms with Crippen molar-refractivity contribution in [3.05, 3.63) is 24.1 Å². The normalized spacial score (nSPS) is 20.8. The molecular weight excluding hydrogens is 263 g/mol.